The van der Waals surface area contributed by atoms with E-state index >= 15 is 0 Å². The second kappa shape index (κ2) is 9.57. The molecule has 2 nitrogen and oxygen atoms in total. The highest BCUT2D eigenvalue weighted by Crippen LogP contribution is 2.45. The van der Waals surface area contributed by atoms with E-state index in [0.717, 1.165) is 55.0 Å². The Morgan fingerprint density at radius 3 is 1.12 bits per heavy atom. The minimum Gasteiger partial charge on any atom is -0.455 e. The maximum absolute atomic E-state index is 6.76. The summed E-state index contributed by atoms with van der Waals surface area (Å²) in [7, 11) is 0. The van der Waals surface area contributed by atoms with Gasteiger partial charge < -0.3 is 8.83 Å². The lowest BCUT2D eigenvalue weighted by Crippen LogP contribution is -1.85. The predicted octanol–water partition coefficient (Wildman–Crippen LogP) is 13.4. The lowest BCUT2D eigenvalue weighted by molar-refractivity contribution is 0.657. The van der Waals surface area contributed by atoms with Crippen LogP contribution < -0.4 is 0 Å². The second-order valence-corrected chi connectivity index (χ2v) is 12.8. The number of fused-ring (bicyclic) bond motifs is 12. The zero-order valence-electron chi connectivity index (χ0n) is 25.8. The molecule has 222 valence electrons. The van der Waals surface area contributed by atoms with Crippen molar-refractivity contribution in [3.8, 4) is 22.3 Å². The van der Waals surface area contributed by atoms with Crippen molar-refractivity contribution in [1.29, 1.82) is 0 Å². The smallest absolute Gasteiger partial charge is 0.143 e. The molecule has 9 aromatic carbocycles. The minimum atomic E-state index is 0.826. The predicted molar refractivity (Wildman–Crippen MR) is 202 cm³/mol. The van der Waals surface area contributed by atoms with E-state index in [1.54, 1.807) is 0 Å². The van der Waals surface area contributed by atoms with Crippen molar-refractivity contribution in [1.82, 2.24) is 0 Å². The Bertz CT molecular complexity index is 2910. The SMILES string of the molecule is c1ccc2c(c1)cc(-c1cccc3c1oc1cc4oc5c(-c6cc7ccccc7c7ccccc67)cccc5c4cc13)c1ccccc12. The zero-order valence-corrected chi connectivity index (χ0v) is 25.8. The summed E-state index contributed by atoms with van der Waals surface area (Å²) in [6.07, 6.45) is 0. The summed E-state index contributed by atoms with van der Waals surface area (Å²) in [5.74, 6) is 0. The maximum Gasteiger partial charge on any atom is 0.143 e. The van der Waals surface area contributed by atoms with Crippen LogP contribution in [0.1, 0.15) is 0 Å². The van der Waals surface area contributed by atoms with Crippen LogP contribution in [0, 0.1) is 0 Å². The summed E-state index contributed by atoms with van der Waals surface area (Å²) in [4.78, 5) is 0. The van der Waals surface area contributed by atoms with Gasteiger partial charge in [0.25, 0.3) is 0 Å². The van der Waals surface area contributed by atoms with Gasteiger partial charge in [0.2, 0.25) is 0 Å². The van der Waals surface area contributed by atoms with Crippen molar-refractivity contribution >= 4 is 87.0 Å². The fourth-order valence-electron chi connectivity index (χ4n) is 8.07. The van der Waals surface area contributed by atoms with Crippen molar-refractivity contribution in [2.45, 2.75) is 0 Å². The fourth-order valence-corrected chi connectivity index (χ4v) is 8.07. The summed E-state index contributed by atoms with van der Waals surface area (Å²) in [5, 5.41) is 14.3. The van der Waals surface area contributed by atoms with Gasteiger partial charge in [0.15, 0.2) is 0 Å². The van der Waals surface area contributed by atoms with Crippen LogP contribution in [-0.4, -0.2) is 0 Å². The lowest BCUT2D eigenvalue weighted by atomic mass is 9.92. The first-order chi connectivity index (χ1) is 23.8. The first-order valence-electron chi connectivity index (χ1n) is 16.4. The number of benzene rings is 9. The molecule has 0 fully saturated rings. The monoisotopic (exact) mass is 610 g/mol. The molecule has 0 unspecified atom stereocenters. The average molecular weight is 611 g/mol. The average Bonchev–Trinajstić information content (AvgIpc) is 3.70. The molecule has 11 aromatic rings. The van der Waals surface area contributed by atoms with Crippen LogP contribution in [0.15, 0.2) is 167 Å². The Morgan fingerprint density at radius 2 is 0.646 bits per heavy atom. The van der Waals surface area contributed by atoms with Gasteiger partial charge >= 0.3 is 0 Å². The highest BCUT2D eigenvalue weighted by Gasteiger charge is 2.20. The number of rotatable bonds is 2. The van der Waals surface area contributed by atoms with Gasteiger partial charge in [-0.25, -0.2) is 0 Å². The van der Waals surface area contributed by atoms with E-state index in [-0.39, 0.29) is 0 Å². The highest BCUT2D eigenvalue weighted by molar-refractivity contribution is 6.22. The minimum absolute atomic E-state index is 0.826. The summed E-state index contributed by atoms with van der Waals surface area (Å²) < 4.78 is 13.5. The quantitative estimate of drug-likeness (QED) is 0.182. The number of hydrogen-bond acceptors (Lipinski definition) is 2. The molecule has 0 aliphatic rings. The molecule has 2 heterocycles. The van der Waals surface area contributed by atoms with E-state index in [2.05, 4.69) is 158 Å². The largest absolute Gasteiger partial charge is 0.455 e. The van der Waals surface area contributed by atoms with Crippen LogP contribution in [0.25, 0.3) is 109 Å². The molecular weight excluding hydrogens is 585 g/mol. The third-order valence-electron chi connectivity index (χ3n) is 10.2. The summed E-state index contributed by atoms with van der Waals surface area (Å²) in [6.45, 7) is 0. The van der Waals surface area contributed by atoms with Gasteiger partial charge in [0.05, 0.1) is 0 Å². The molecule has 0 saturated heterocycles. The second-order valence-electron chi connectivity index (χ2n) is 12.8. The molecule has 11 rings (SSSR count). The molecule has 0 saturated carbocycles. The van der Waals surface area contributed by atoms with Gasteiger partial charge in [0.1, 0.15) is 22.3 Å². The topological polar surface area (TPSA) is 26.3 Å². The summed E-state index contributed by atoms with van der Waals surface area (Å²) in [6, 6.07) is 56.5. The Balaban J connectivity index is 1.16. The van der Waals surface area contributed by atoms with Crippen molar-refractivity contribution in [3.05, 3.63) is 158 Å². The number of furan rings is 2. The fraction of sp³-hybridized carbons (Fsp3) is 0. The van der Waals surface area contributed by atoms with Crippen molar-refractivity contribution in [2.75, 3.05) is 0 Å². The van der Waals surface area contributed by atoms with E-state index < -0.39 is 0 Å². The van der Waals surface area contributed by atoms with Gasteiger partial charge in [-0.1, -0.05) is 133 Å². The van der Waals surface area contributed by atoms with Crippen LogP contribution in [-0.2, 0) is 0 Å². The molecule has 0 aliphatic carbocycles. The first kappa shape index (κ1) is 25.8. The lowest BCUT2D eigenvalue weighted by Gasteiger charge is -2.11. The Kier molecular flexibility index (Phi) is 5.14. The van der Waals surface area contributed by atoms with Crippen LogP contribution in [0.3, 0.4) is 0 Å². The third-order valence-corrected chi connectivity index (χ3v) is 10.2. The van der Waals surface area contributed by atoms with E-state index in [0.29, 0.717) is 0 Å². The molecule has 2 heteroatoms. The van der Waals surface area contributed by atoms with Gasteiger partial charge in [0, 0.05) is 38.7 Å². The number of hydrogen-bond donors (Lipinski definition) is 0. The van der Waals surface area contributed by atoms with E-state index in [1.165, 1.54) is 54.2 Å². The van der Waals surface area contributed by atoms with Crippen LogP contribution in [0.2, 0.25) is 0 Å². The van der Waals surface area contributed by atoms with Gasteiger partial charge in [-0.05, 0) is 72.4 Å². The molecule has 0 amide bonds. The Morgan fingerprint density at radius 1 is 0.250 bits per heavy atom. The zero-order chi connectivity index (χ0) is 31.3. The highest BCUT2D eigenvalue weighted by atomic mass is 16.3. The van der Waals surface area contributed by atoms with E-state index in [9.17, 15) is 0 Å². The van der Waals surface area contributed by atoms with Crippen molar-refractivity contribution in [2.24, 2.45) is 0 Å². The molecule has 0 radical (unpaired) electrons. The standard InChI is InChI=1S/C46H26O2/c1-3-13-29-27(11-1)23-39(33-17-7-5-15-31(29)33)35-19-9-21-37-41-25-42-38-22-10-20-36(46(38)48-44(42)26-43(41)47-45(35)37)40-24-28-12-2-4-14-30(28)32-16-6-8-18-34(32)40/h1-26H. The summed E-state index contributed by atoms with van der Waals surface area (Å²) in [5.41, 5.74) is 7.99. The molecule has 2 aromatic heterocycles. The van der Waals surface area contributed by atoms with Gasteiger partial charge in [-0.15, -0.1) is 0 Å². The van der Waals surface area contributed by atoms with Crippen LogP contribution >= 0.6 is 0 Å². The Labute approximate surface area is 275 Å². The molecule has 0 spiro atoms. The molecule has 0 bridgehead atoms. The van der Waals surface area contributed by atoms with E-state index in [1.807, 2.05) is 0 Å². The van der Waals surface area contributed by atoms with Crippen LogP contribution in [0.4, 0.5) is 0 Å². The number of para-hydroxylation sites is 2. The normalized spacial score (nSPS) is 12.2. The van der Waals surface area contributed by atoms with E-state index in [4.69, 9.17) is 8.83 Å². The molecular formula is C46H26O2. The van der Waals surface area contributed by atoms with Crippen molar-refractivity contribution < 1.29 is 8.83 Å². The van der Waals surface area contributed by atoms with Crippen LogP contribution in [0.5, 0.6) is 0 Å². The third kappa shape index (κ3) is 3.52. The maximum atomic E-state index is 6.76. The molecule has 0 N–H and O–H groups in total. The Hall–Kier alpha value is -6.38. The van der Waals surface area contributed by atoms with Gasteiger partial charge in [-0.2, -0.15) is 0 Å². The first-order valence-corrected chi connectivity index (χ1v) is 16.4. The molecule has 0 aliphatic heterocycles. The van der Waals surface area contributed by atoms with Crippen molar-refractivity contribution in [3.63, 3.8) is 0 Å². The molecule has 0 atom stereocenters. The molecule has 48 heavy (non-hydrogen) atoms. The van der Waals surface area contributed by atoms with Gasteiger partial charge in [-0.3, -0.25) is 0 Å². The summed E-state index contributed by atoms with van der Waals surface area (Å²) >= 11 is 0.